The maximum atomic E-state index is 12.5. The maximum Gasteiger partial charge on any atom is 0.461 e. The summed E-state index contributed by atoms with van der Waals surface area (Å²) in [6.07, 6.45) is -6.07. The van der Waals surface area contributed by atoms with Gasteiger partial charge in [-0.1, -0.05) is 0 Å². The van der Waals surface area contributed by atoms with Crippen LogP contribution >= 0.6 is 0 Å². The fraction of sp³-hybridized carbons (Fsp3) is 0.750. The van der Waals surface area contributed by atoms with Crippen LogP contribution in [-0.2, 0) is 9.59 Å². The van der Waals surface area contributed by atoms with Crippen LogP contribution in [0.2, 0.25) is 0 Å². The molecule has 0 spiro atoms. The summed E-state index contributed by atoms with van der Waals surface area (Å²) in [7, 11) is 0. The van der Waals surface area contributed by atoms with E-state index in [4.69, 9.17) is 0 Å². The van der Waals surface area contributed by atoms with Crippen molar-refractivity contribution >= 4 is 11.6 Å². The highest BCUT2D eigenvalue weighted by atomic mass is 19.4. The Bertz CT molecular complexity index is 294. The molecule has 1 rings (SSSR count). The van der Waals surface area contributed by atoms with Crippen molar-refractivity contribution in [3.63, 3.8) is 0 Å². The molecule has 0 radical (unpaired) electrons. The summed E-state index contributed by atoms with van der Waals surface area (Å²) < 4.78 is 60.4. The smallest absolute Gasteiger partial charge is 0.299 e. The first-order valence-corrected chi connectivity index (χ1v) is 4.19. The molecule has 0 N–H and O–H groups in total. The molecular weight excluding hydrogens is 223 g/mol. The Morgan fingerprint density at radius 2 is 1.73 bits per heavy atom. The minimum atomic E-state index is -5.92. The topological polar surface area (TPSA) is 34.1 Å². The van der Waals surface area contributed by atoms with Crippen molar-refractivity contribution in [2.24, 2.45) is 5.92 Å². The van der Waals surface area contributed by atoms with Crippen LogP contribution in [0.25, 0.3) is 0 Å². The number of hydrogen-bond donors (Lipinski definition) is 0. The highest BCUT2D eigenvalue weighted by molar-refractivity contribution is 6.06. The van der Waals surface area contributed by atoms with Crippen LogP contribution < -0.4 is 0 Å². The van der Waals surface area contributed by atoms with Gasteiger partial charge in [-0.25, -0.2) is 0 Å². The molecule has 1 aliphatic rings. The number of Topliss-reactive ketones (excluding diaryl/α,β-unsaturated/α-hetero) is 2. The largest absolute Gasteiger partial charge is 0.461 e. The highest BCUT2D eigenvalue weighted by Gasteiger charge is 2.65. The fourth-order valence-electron chi connectivity index (χ4n) is 1.45. The minimum Gasteiger partial charge on any atom is -0.299 e. The predicted octanol–water partition coefficient (Wildman–Crippen LogP) is 2.12. The molecule has 0 aromatic rings. The zero-order valence-electron chi connectivity index (χ0n) is 7.40. The third kappa shape index (κ3) is 2.00. The predicted molar refractivity (Wildman–Crippen MR) is 38.4 cm³/mol. The minimum absolute atomic E-state index is 0.107. The summed E-state index contributed by atoms with van der Waals surface area (Å²) in [4.78, 5) is 21.7. The number of carbonyl (C=O) groups is 2. The second kappa shape index (κ2) is 3.53. The Morgan fingerprint density at radius 1 is 1.20 bits per heavy atom. The van der Waals surface area contributed by atoms with Gasteiger partial charge in [0.15, 0.2) is 0 Å². The molecular formula is C8H7F5O2. The Kier molecular flexibility index (Phi) is 2.84. The van der Waals surface area contributed by atoms with Crippen LogP contribution in [-0.4, -0.2) is 23.7 Å². The van der Waals surface area contributed by atoms with E-state index in [9.17, 15) is 31.5 Å². The molecule has 86 valence electrons. The van der Waals surface area contributed by atoms with Gasteiger partial charge in [-0.2, -0.15) is 22.0 Å². The average Bonchev–Trinajstić information content (AvgIpc) is 2.48. The second-order valence-electron chi connectivity index (χ2n) is 3.35. The van der Waals surface area contributed by atoms with E-state index >= 15 is 0 Å². The molecule has 7 heteroatoms. The van der Waals surface area contributed by atoms with Gasteiger partial charge in [0.2, 0.25) is 5.78 Å². The molecule has 0 aromatic heterocycles. The number of ketones is 2. The summed E-state index contributed by atoms with van der Waals surface area (Å²) in [6, 6.07) is 0. The number of alkyl halides is 5. The Balaban J connectivity index is 2.89. The standard InChI is InChI=1S/C8H7F5O2/c9-7(10,8(11,12)13)6(15)4-2-1-3-5(4)14/h4H,1-3H2. The number of rotatable bonds is 2. The van der Waals surface area contributed by atoms with Gasteiger partial charge < -0.3 is 0 Å². The van der Waals surface area contributed by atoms with Gasteiger partial charge in [0.25, 0.3) is 0 Å². The third-order valence-corrected chi connectivity index (χ3v) is 2.29. The molecule has 0 heterocycles. The molecule has 1 aliphatic carbocycles. The lowest BCUT2D eigenvalue weighted by Crippen LogP contribution is -2.47. The Morgan fingerprint density at radius 3 is 2.07 bits per heavy atom. The maximum absolute atomic E-state index is 12.5. The molecule has 15 heavy (non-hydrogen) atoms. The van der Waals surface area contributed by atoms with E-state index < -0.39 is 29.6 Å². The van der Waals surface area contributed by atoms with Crippen LogP contribution in [0, 0.1) is 5.92 Å². The van der Waals surface area contributed by atoms with Gasteiger partial charge in [-0.05, 0) is 12.8 Å². The van der Waals surface area contributed by atoms with Crippen molar-refractivity contribution in [3.8, 4) is 0 Å². The second-order valence-corrected chi connectivity index (χ2v) is 3.35. The molecule has 1 fully saturated rings. The molecule has 1 atom stereocenters. The van der Waals surface area contributed by atoms with E-state index in [2.05, 4.69) is 0 Å². The van der Waals surface area contributed by atoms with Crippen molar-refractivity contribution in [2.45, 2.75) is 31.4 Å². The summed E-state index contributed by atoms with van der Waals surface area (Å²) >= 11 is 0. The third-order valence-electron chi connectivity index (χ3n) is 2.29. The lowest BCUT2D eigenvalue weighted by Gasteiger charge is -2.20. The molecule has 1 saturated carbocycles. The molecule has 2 nitrogen and oxygen atoms in total. The van der Waals surface area contributed by atoms with Gasteiger partial charge in [-0.15, -0.1) is 0 Å². The molecule has 0 aromatic carbocycles. The van der Waals surface area contributed by atoms with Crippen LogP contribution in [0.5, 0.6) is 0 Å². The molecule has 0 aliphatic heterocycles. The van der Waals surface area contributed by atoms with Crippen molar-refractivity contribution in [2.75, 3.05) is 0 Å². The number of hydrogen-bond acceptors (Lipinski definition) is 2. The summed E-state index contributed by atoms with van der Waals surface area (Å²) in [5, 5.41) is 0. The van der Waals surface area contributed by atoms with E-state index in [1.54, 1.807) is 0 Å². The molecule has 0 saturated heterocycles. The van der Waals surface area contributed by atoms with E-state index in [1.165, 1.54) is 0 Å². The highest BCUT2D eigenvalue weighted by Crippen LogP contribution is 2.40. The average molecular weight is 230 g/mol. The van der Waals surface area contributed by atoms with Crippen molar-refractivity contribution in [1.29, 1.82) is 0 Å². The van der Waals surface area contributed by atoms with E-state index in [0.717, 1.165) is 0 Å². The number of halogens is 5. The van der Waals surface area contributed by atoms with Crippen molar-refractivity contribution in [1.82, 2.24) is 0 Å². The Labute approximate surface area is 81.4 Å². The van der Waals surface area contributed by atoms with Crippen LogP contribution in [0.4, 0.5) is 22.0 Å². The van der Waals surface area contributed by atoms with E-state index in [0.29, 0.717) is 0 Å². The SMILES string of the molecule is O=C1CCCC1C(=O)C(F)(F)C(F)(F)F. The van der Waals surface area contributed by atoms with Crippen molar-refractivity contribution in [3.05, 3.63) is 0 Å². The normalized spacial score (nSPS) is 23.3. The van der Waals surface area contributed by atoms with Crippen LogP contribution in [0.15, 0.2) is 0 Å². The quantitative estimate of drug-likeness (QED) is 0.537. The van der Waals surface area contributed by atoms with Gasteiger partial charge in [-0.3, -0.25) is 9.59 Å². The van der Waals surface area contributed by atoms with Gasteiger partial charge in [0, 0.05) is 6.42 Å². The van der Waals surface area contributed by atoms with Gasteiger partial charge in [0.05, 0.1) is 5.92 Å². The van der Waals surface area contributed by atoms with Crippen LogP contribution in [0.3, 0.4) is 0 Å². The molecule has 0 amide bonds. The lowest BCUT2D eigenvalue weighted by atomic mass is 9.96. The summed E-state index contributed by atoms with van der Waals surface area (Å²) in [6.45, 7) is 0. The van der Waals surface area contributed by atoms with E-state index in [-0.39, 0.29) is 19.3 Å². The zero-order valence-corrected chi connectivity index (χ0v) is 7.40. The van der Waals surface area contributed by atoms with Gasteiger partial charge in [0.1, 0.15) is 5.78 Å². The molecule has 1 unspecified atom stereocenters. The van der Waals surface area contributed by atoms with Gasteiger partial charge >= 0.3 is 12.1 Å². The first kappa shape index (κ1) is 12.1. The molecule has 0 bridgehead atoms. The van der Waals surface area contributed by atoms with E-state index in [1.807, 2.05) is 0 Å². The van der Waals surface area contributed by atoms with Crippen molar-refractivity contribution < 1.29 is 31.5 Å². The monoisotopic (exact) mass is 230 g/mol. The summed E-state index contributed by atoms with van der Waals surface area (Å²) in [5.74, 6) is -10.4. The summed E-state index contributed by atoms with van der Waals surface area (Å²) in [5.41, 5.74) is 0. The first-order chi connectivity index (χ1) is 6.68. The zero-order chi connectivity index (χ0) is 11.9. The number of carbonyl (C=O) groups excluding carboxylic acids is 2. The van der Waals surface area contributed by atoms with Crippen LogP contribution in [0.1, 0.15) is 19.3 Å². The fourth-order valence-corrected chi connectivity index (χ4v) is 1.45. The first-order valence-electron chi connectivity index (χ1n) is 4.19. The Hall–Kier alpha value is -1.01. The lowest BCUT2D eigenvalue weighted by molar-refractivity contribution is -0.270.